The quantitative estimate of drug-likeness (QED) is 0.645. The van der Waals surface area contributed by atoms with Crippen molar-refractivity contribution in [2.75, 3.05) is 0 Å². The van der Waals surface area contributed by atoms with E-state index in [0.29, 0.717) is 5.92 Å². The van der Waals surface area contributed by atoms with Gasteiger partial charge in [-0.3, -0.25) is 0 Å². The lowest BCUT2D eigenvalue weighted by molar-refractivity contribution is 0.469. The highest BCUT2D eigenvalue weighted by molar-refractivity contribution is 5.37. The average Bonchev–Trinajstić information content (AvgIpc) is 2.28. The van der Waals surface area contributed by atoms with Crippen LogP contribution < -0.4 is 0 Å². The van der Waals surface area contributed by atoms with Gasteiger partial charge < -0.3 is 0 Å². The molecule has 0 bridgehead atoms. The Morgan fingerprint density at radius 3 is 2.38 bits per heavy atom. The van der Waals surface area contributed by atoms with Gasteiger partial charge in [-0.1, -0.05) is 58.7 Å². The predicted molar refractivity (Wildman–Crippen MR) is 73.0 cm³/mol. The molecule has 0 heterocycles. The van der Waals surface area contributed by atoms with Crippen molar-refractivity contribution in [3.8, 4) is 0 Å². The molecule has 2 unspecified atom stereocenters. The second-order valence-corrected chi connectivity index (χ2v) is 5.07. The second kappa shape index (κ2) is 6.08. The van der Waals surface area contributed by atoms with E-state index < -0.39 is 0 Å². The van der Waals surface area contributed by atoms with Gasteiger partial charge in [0.05, 0.1) is 0 Å². The number of benzene rings is 1. The van der Waals surface area contributed by atoms with Gasteiger partial charge in [0.2, 0.25) is 0 Å². The second-order valence-electron chi connectivity index (χ2n) is 5.07. The Balaban J connectivity index is 3.08. The molecule has 0 amide bonds. The maximum Gasteiger partial charge on any atom is -0.0159 e. The van der Waals surface area contributed by atoms with Crippen LogP contribution >= 0.6 is 0 Å². The van der Waals surface area contributed by atoms with Crippen molar-refractivity contribution in [3.63, 3.8) is 0 Å². The molecule has 0 aromatic heterocycles. The minimum atomic E-state index is 0.688. The summed E-state index contributed by atoms with van der Waals surface area (Å²) in [4.78, 5) is 0. The van der Waals surface area contributed by atoms with E-state index in [0.717, 1.165) is 5.92 Å². The van der Waals surface area contributed by atoms with Gasteiger partial charge in [0.25, 0.3) is 0 Å². The van der Waals surface area contributed by atoms with Gasteiger partial charge in [-0.15, -0.1) is 0 Å². The first kappa shape index (κ1) is 13.3. The third-order valence-electron chi connectivity index (χ3n) is 3.89. The highest BCUT2D eigenvalue weighted by Crippen LogP contribution is 2.31. The van der Waals surface area contributed by atoms with Crippen molar-refractivity contribution < 1.29 is 0 Å². The summed E-state index contributed by atoms with van der Waals surface area (Å²) in [6, 6.07) is 6.77. The maximum absolute atomic E-state index is 2.38. The summed E-state index contributed by atoms with van der Waals surface area (Å²) >= 11 is 0. The zero-order valence-corrected chi connectivity index (χ0v) is 11.5. The monoisotopic (exact) mass is 218 g/mol. The Labute approximate surface area is 101 Å². The normalized spacial score (nSPS) is 14.8. The number of aryl methyl sites for hydroxylation is 2. The van der Waals surface area contributed by atoms with Crippen LogP contribution in [0, 0.1) is 12.8 Å². The van der Waals surface area contributed by atoms with Crippen LogP contribution in [0.25, 0.3) is 0 Å². The largest absolute Gasteiger partial charge is 0.0651 e. The molecule has 0 radical (unpaired) electrons. The van der Waals surface area contributed by atoms with E-state index in [1.165, 1.54) is 24.8 Å². The van der Waals surface area contributed by atoms with Gasteiger partial charge in [0, 0.05) is 0 Å². The minimum Gasteiger partial charge on any atom is -0.0651 e. The van der Waals surface area contributed by atoms with Crippen molar-refractivity contribution in [3.05, 3.63) is 34.9 Å². The van der Waals surface area contributed by atoms with E-state index in [2.05, 4.69) is 52.8 Å². The van der Waals surface area contributed by atoms with Crippen molar-refractivity contribution in [2.24, 2.45) is 5.92 Å². The zero-order chi connectivity index (χ0) is 12.1. The SMILES string of the molecule is CCCc1cccc(C)c1C(C)C(C)CC. The Morgan fingerprint density at radius 1 is 1.12 bits per heavy atom. The molecule has 0 spiro atoms. The summed E-state index contributed by atoms with van der Waals surface area (Å²) in [6.07, 6.45) is 3.72. The van der Waals surface area contributed by atoms with Crippen LogP contribution in [-0.4, -0.2) is 0 Å². The third kappa shape index (κ3) is 2.87. The molecule has 1 rings (SSSR count). The van der Waals surface area contributed by atoms with Crippen molar-refractivity contribution in [2.45, 2.75) is 59.8 Å². The molecule has 0 heteroatoms. The van der Waals surface area contributed by atoms with Crippen LogP contribution in [0.5, 0.6) is 0 Å². The molecule has 0 saturated carbocycles. The van der Waals surface area contributed by atoms with E-state index in [9.17, 15) is 0 Å². The van der Waals surface area contributed by atoms with Gasteiger partial charge in [-0.25, -0.2) is 0 Å². The minimum absolute atomic E-state index is 0.688. The molecular weight excluding hydrogens is 192 g/mol. The lowest BCUT2D eigenvalue weighted by Crippen LogP contribution is -2.09. The van der Waals surface area contributed by atoms with E-state index in [1.54, 1.807) is 11.1 Å². The topological polar surface area (TPSA) is 0 Å². The Morgan fingerprint density at radius 2 is 1.81 bits per heavy atom. The zero-order valence-electron chi connectivity index (χ0n) is 11.5. The first-order chi connectivity index (χ1) is 7.61. The fourth-order valence-electron chi connectivity index (χ4n) is 2.52. The fourth-order valence-corrected chi connectivity index (χ4v) is 2.52. The van der Waals surface area contributed by atoms with Gasteiger partial charge in [-0.05, 0) is 41.9 Å². The maximum atomic E-state index is 2.38. The van der Waals surface area contributed by atoms with Crippen molar-refractivity contribution in [1.29, 1.82) is 0 Å². The van der Waals surface area contributed by atoms with Gasteiger partial charge >= 0.3 is 0 Å². The van der Waals surface area contributed by atoms with Crippen LogP contribution in [0.2, 0.25) is 0 Å². The van der Waals surface area contributed by atoms with Crippen molar-refractivity contribution in [1.82, 2.24) is 0 Å². The summed E-state index contributed by atoms with van der Waals surface area (Å²) < 4.78 is 0. The molecule has 0 nitrogen and oxygen atoms in total. The summed E-state index contributed by atoms with van der Waals surface area (Å²) in [5.41, 5.74) is 4.65. The number of hydrogen-bond donors (Lipinski definition) is 0. The first-order valence-corrected chi connectivity index (χ1v) is 6.70. The highest BCUT2D eigenvalue weighted by Gasteiger charge is 2.17. The smallest absolute Gasteiger partial charge is 0.0159 e. The molecule has 0 fully saturated rings. The molecule has 1 aromatic rings. The van der Waals surface area contributed by atoms with Gasteiger partial charge in [0.1, 0.15) is 0 Å². The van der Waals surface area contributed by atoms with Gasteiger partial charge in [0.15, 0.2) is 0 Å². The summed E-state index contributed by atoms with van der Waals surface area (Å²) in [6.45, 7) is 11.6. The fraction of sp³-hybridized carbons (Fsp3) is 0.625. The summed E-state index contributed by atoms with van der Waals surface area (Å²) in [5, 5.41) is 0. The molecule has 2 atom stereocenters. The third-order valence-corrected chi connectivity index (χ3v) is 3.89. The van der Waals surface area contributed by atoms with Gasteiger partial charge in [-0.2, -0.15) is 0 Å². The Bertz CT molecular complexity index is 325. The van der Waals surface area contributed by atoms with Crippen LogP contribution in [0.3, 0.4) is 0 Å². The number of hydrogen-bond acceptors (Lipinski definition) is 0. The average molecular weight is 218 g/mol. The molecule has 0 N–H and O–H groups in total. The molecule has 1 aromatic carbocycles. The molecule has 16 heavy (non-hydrogen) atoms. The van der Waals surface area contributed by atoms with Crippen LogP contribution in [-0.2, 0) is 6.42 Å². The summed E-state index contributed by atoms with van der Waals surface area (Å²) in [7, 11) is 0. The molecule has 0 aliphatic heterocycles. The van der Waals surface area contributed by atoms with E-state index in [1.807, 2.05) is 0 Å². The molecule has 90 valence electrons. The lowest BCUT2D eigenvalue weighted by atomic mass is 9.81. The lowest BCUT2D eigenvalue weighted by Gasteiger charge is -2.24. The van der Waals surface area contributed by atoms with E-state index in [-0.39, 0.29) is 0 Å². The predicted octanol–water partition coefficient (Wildman–Crippen LogP) is 5.10. The standard InChI is InChI=1S/C16H26/c1-6-9-15-11-8-10-13(4)16(15)14(5)12(3)7-2/h8,10-12,14H,6-7,9H2,1-5H3. The number of rotatable bonds is 5. The Hall–Kier alpha value is -0.780. The molecular formula is C16H26. The highest BCUT2D eigenvalue weighted by atomic mass is 14.2. The molecule has 0 saturated heterocycles. The van der Waals surface area contributed by atoms with E-state index in [4.69, 9.17) is 0 Å². The molecule has 0 aliphatic carbocycles. The summed E-state index contributed by atoms with van der Waals surface area (Å²) in [5.74, 6) is 1.46. The van der Waals surface area contributed by atoms with Crippen LogP contribution in [0.1, 0.15) is 63.1 Å². The van der Waals surface area contributed by atoms with Crippen LogP contribution in [0.15, 0.2) is 18.2 Å². The Kier molecular flexibility index (Phi) is 5.05. The molecule has 0 aliphatic rings. The van der Waals surface area contributed by atoms with Crippen LogP contribution in [0.4, 0.5) is 0 Å². The first-order valence-electron chi connectivity index (χ1n) is 6.70. The van der Waals surface area contributed by atoms with E-state index >= 15 is 0 Å². The van der Waals surface area contributed by atoms with Crippen molar-refractivity contribution >= 4 is 0 Å².